The summed E-state index contributed by atoms with van der Waals surface area (Å²) < 4.78 is 0. The van der Waals surface area contributed by atoms with Gasteiger partial charge in [-0.25, -0.2) is 0 Å². The molecular formula is C15H13N3O3. The average molecular weight is 283 g/mol. The fraction of sp³-hybridized carbons (Fsp3) is 0.333. The molecule has 3 amide bonds. The highest BCUT2D eigenvalue weighted by molar-refractivity contribution is 6.04. The molecule has 0 bridgehead atoms. The average Bonchev–Trinajstić information content (AvgIpc) is 2.69. The van der Waals surface area contributed by atoms with Crippen molar-refractivity contribution in [1.82, 2.24) is 10.2 Å². The number of carbonyl (C=O) groups is 3. The molecular weight excluding hydrogens is 270 g/mol. The van der Waals surface area contributed by atoms with E-state index in [4.69, 9.17) is 5.26 Å². The van der Waals surface area contributed by atoms with Crippen LogP contribution >= 0.6 is 0 Å². The first-order chi connectivity index (χ1) is 10.1. The second-order valence-corrected chi connectivity index (χ2v) is 5.24. The highest BCUT2D eigenvalue weighted by Crippen LogP contribution is 2.27. The Kier molecular flexibility index (Phi) is 3.18. The van der Waals surface area contributed by atoms with Crippen LogP contribution in [0.4, 0.5) is 0 Å². The Balaban J connectivity index is 1.88. The van der Waals surface area contributed by atoms with Gasteiger partial charge in [0.25, 0.3) is 5.91 Å². The van der Waals surface area contributed by atoms with E-state index in [0.29, 0.717) is 36.9 Å². The van der Waals surface area contributed by atoms with E-state index in [1.165, 1.54) is 4.90 Å². The maximum atomic E-state index is 12.4. The number of nitrogens with zero attached hydrogens (tertiary/aromatic N) is 2. The Morgan fingerprint density at radius 2 is 2.10 bits per heavy atom. The molecule has 3 rings (SSSR count). The van der Waals surface area contributed by atoms with Crippen LogP contribution in [0.25, 0.3) is 0 Å². The third kappa shape index (κ3) is 2.27. The van der Waals surface area contributed by atoms with Crippen LogP contribution in [0.2, 0.25) is 0 Å². The summed E-state index contributed by atoms with van der Waals surface area (Å²) in [4.78, 5) is 37.3. The molecule has 1 saturated heterocycles. The number of rotatable bonds is 1. The standard InChI is InChI=1S/C15H13N3O3/c16-7-9-4-5-11-10(6-9)8-18(15(11)21)12-2-1-3-13(19)17-14(12)20/h4-6,12H,1-3,8H2,(H,17,19,20). The molecule has 1 unspecified atom stereocenters. The van der Waals surface area contributed by atoms with Crippen molar-refractivity contribution in [3.8, 4) is 6.07 Å². The van der Waals surface area contributed by atoms with Crippen LogP contribution in [0.1, 0.15) is 40.7 Å². The lowest BCUT2D eigenvalue weighted by Crippen LogP contribution is -2.46. The van der Waals surface area contributed by atoms with Gasteiger partial charge in [0.2, 0.25) is 11.8 Å². The predicted molar refractivity (Wildman–Crippen MR) is 71.8 cm³/mol. The largest absolute Gasteiger partial charge is 0.322 e. The van der Waals surface area contributed by atoms with Gasteiger partial charge < -0.3 is 4.90 Å². The fourth-order valence-electron chi connectivity index (χ4n) is 2.83. The first-order valence-corrected chi connectivity index (χ1v) is 6.78. The molecule has 1 aromatic rings. The van der Waals surface area contributed by atoms with Gasteiger partial charge in [0.15, 0.2) is 0 Å². The van der Waals surface area contributed by atoms with Crippen LogP contribution in [0.5, 0.6) is 0 Å². The zero-order valence-corrected chi connectivity index (χ0v) is 11.3. The minimum Gasteiger partial charge on any atom is -0.322 e. The van der Waals surface area contributed by atoms with Crippen molar-refractivity contribution in [3.63, 3.8) is 0 Å². The Labute approximate surface area is 121 Å². The second-order valence-electron chi connectivity index (χ2n) is 5.24. The summed E-state index contributed by atoms with van der Waals surface area (Å²) in [6, 6.07) is 6.30. The quantitative estimate of drug-likeness (QED) is 0.768. The first kappa shape index (κ1) is 13.3. The van der Waals surface area contributed by atoms with Gasteiger partial charge in [-0.2, -0.15) is 5.26 Å². The third-order valence-corrected chi connectivity index (χ3v) is 3.89. The summed E-state index contributed by atoms with van der Waals surface area (Å²) in [5, 5.41) is 11.2. The highest BCUT2D eigenvalue weighted by atomic mass is 16.2. The lowest BCUT2D eigenvalue weighted by molar-refractivity contribution is -0.132. The molecule has 0 radical (unpaired) electrons. The highest BCUT2D eigenvalue weighted by Gasteiger charge is 2.37. The zero-order chi connectivity index (χ0) is 15.0. The van der Waals surface area contributed by atoms with Crippen molar-refractivity contribution in [3.05, 3.63) is 34.9 Å². The molecule has 0 aliphatic carbocycles. The van der Waals surface area contributed by atoms with E-state index < -0.39 is 11.9 Å². The molecule has 0 saturated carbocycles. The number of fused-ring (bicyclic) bond motifs is 1. The molecule has 1 atom stereocenters. The minimum absolute atomic E-state index is 0.219. The smallest absolute Gasteiger partial charge is 0.255 e. The van der Waals surface area contributed by atoms with Crippen LogP contribution in [0, 0.1) is 11.3 Å². The molecule has 0 spiro atoms. The van der Waals surface area contributed by atoms with Crippen LogP contribution in [0.15, 0.2) is 18.2 Å². The molecule has 0 aromatic heterocycles. The maximum absolute atomic E-state index is 12.4. The number of hydrogen-bond acceptors (Lipinski definition) is 4. The van der Waals surface area contributed by atoms with Crippen molar-refractivity contribution in [2.24, 2.45) is 0 Å². The summed E-state index contributed by atoms with van der Waals surface area (Å²) in [7, 11) is 0. The number of carbonyl (C=O) groups excluding carboxylic acids is 3. The monoisotopic (exact) mass is 283 g/mol. The van der Waals surface area contributed by atoms with Crippen LogP contribution < -0.4 is 5.32 Å². The van der Waals surface area contributed by atoms with Gasteiger partial charge in [0.05, 0.1) is 11.6 Å². The molecule has 1 N–H and O–H groups in total. The second kappa shape index (κ2) is 5.02. The molecule has 6 nitrogen and oxygen atoms in total. The molecule has 106 valence electrons. The molecule has 6 heteroatoms. The molecule has 1 fully saturated rings. The van der Waals surface area contributed by atoms with E-state index in [2.05, 4.69) is 5.32 Å². The Bertz CT molecular complexity index is 690. The normalized spacial score (nSPS) is 21.6. The van der Waals surface area contributed by atoms with Gasteiger partial charge in [-0.1, -0.05) is 0 Å². The van der Waals surface area contributed by atoms with E-state index in [9.17, 15) is 14.4 Å². The first-order valence-electron chi connectivity index (χ1n) is 6.78. The van der Waals surface area contributed by atoms with E-state index >= 15 is 0 Å². The minimum atomic E-state index is -0.623. The fourth-order valence-corrected chi connectivity index (χ4v) is 2.83. The number of nitriles is 1. The van der Waals surface area contributed by atoms with Gasteiger partial charge in [-0.3, -0.25) is 19.7 Å². The lowest BCUT2D eigenvalue weighted by atomic mass is 10.1. The Morgan fingerprint density at radius 3 is 2.86 bits per heavy atom. The van der Waals surface area contributed by atoms with Gasteiger partial charge in [-0.05, 0) is 36.6 Å². The van der Waals surface area contributed by atoms with Crippen molar-refractivity contribution in [2.75, 3.05) is 0 Å². The number of imide groups is 1. The summed E-state index contributed by atoms with van der Waals surface area (Å²) in [6.07, 6.45) is 1.35. The van der Waals surface area contributed by atoms with Crippen molar-refractivity contribution < 1.29 is 14.4 Å². The van der Waals surface area contributed by atoms with Crippen molar-refractivity contribution in [1.29, 1.82) is 5.26 Å². The van der Waals surface area contributed by atoms with Crippen LogP contribution in [0.3, 0.4) is 0 Å². The number of benzene rings is 1. The van der Waals surface area contributed by atoms with Crippen molar-refractivity contribution >= 4 is 17.7 Å². The molecule has 2 heterocycles. The van der Waals surface area contributed by atoms with Gasteiger partial charge in [0.1, 0.15) is 6.04 Å². The molecule has 1 aromatic carbocycles. The number of hydrogen-bond donors (Lipinski definition) is 1. The summed E-state index contributed by atoms with van der Waals surface area (Å²) in [6.45, 7) is 0.302. The number of nitrogens with one attached hydrogen (secondary N) is 1. The van der Waals surface area contributed by atoms with Crippen molar-refractivity contribution in [2.45, 2.75) is 31.8 Å². The van der Waals surface area contributed by atoms with E-state index in [1.807, 2.05) is 6.07 Å². The summed E-state index contributed by atoms with van der Waals surface area (Å²) in [5.41, 5.74) is 1.77. The predicted octanol–water partition coefficient (Wildman–Crippen LogP) is 0.709. The van der Waals surface area contributed by atoms with E-state index in [1.54, 1.807) is 18.2 Å². The summed E-state index contributed by atoms with van der Waals surface area (Å²) >= 11 is 0. The summed E-state index contributed by atoms with van der Waals surface area (Å²) in [5.74, 6) is -0.929. The lowest BCUT2D eigenvalue weighted by Gasteiger charge is -2.24. The molecule has 2 aliphatic heterocycles. The SMILES string of the molecule is N#Cc1ccc2c(c1)CN(C1CCCC(=O)NC1=O)C2=O. The van der Waals surface area contributed by atoms with Gasteiger partial charge >= 0.3 is 0 Å². The topological polar surface area (TPSA) is 90.3 Å². The zero-order valence-electron chi connectivity index (χ0n) is 11.3. The Morgan fingerprint density at radius 1 is 1.29 bits per heavy atom. The maximum Gasteiger partial charge on any atom is 0.255 e. The molecule has 2 aliphatic rings. The molecule has 21 heavy (non-hydrogen) atoms. The van der Waals surface area contributed by atoms with Gasteiger partial charge in [-0.15, -0.1) is 0 Å². The van der Waals surface area contributed by atoms with E-state index in [0.717, 1.165) is 5.56 Å². The van der Waals surface area contributed by atoms with E-state index in [-0.39, 0.29) is 11.8 Å². The van der Waals surface area contributed by atoms with Gasteiger partial charge in [0, 0.05) is 18.5 Å². The van der Waals surface area contributed by atoms with Crippen LogP contribution in [-0.2, 0) is 16.1 Å². The number of amides is 3. The Hall–Kier alpha value is -2.68. The third-order valence-electron chi connectivity index (χ3n) is 3.89. The van der Waals surface area contributed by atoms with Crippen LogP contribution in [-0.4, -0.2) is 28.7 Å².